The van der Waals surface area contributed by atoms with Crippen molar-refractivity contribution in [1.29, 1.82) is 0 Å². The van der Waals surface area contributed by atoms with E-state index in [1.54, 1.807) is 7.11 Å². The summed E-state index contributed by atoms with van der Waals surface area (Å²) in [6.07, 6.45) is 0.738. The Bertz CT molecular complexity index is 1120. The van der Waals surface area contributed by atoms with Gasteiger partial charge in [-0.2, -0.15) is 0 Å². The highest BCUT2D eigenvalue weighted by atomic mass is 16.5. The number of para-hydroxylation sites is 2. The molecule has 2 aromatic carbocycles. The molecule has 0 aliphatic heterocycles. The number of rotatable bonds is 6. The van der Waals surface area contributed by atoms with Crippen LogP contribution < -0.4 is 15.2 Å². The molecule has 4 rings (SSSR count). The summed E-state index contributed by atoms with van der Waals surface area (Å²) in [5, 5.41) is 22.4. The lowest BCUT2D eigenvalue weighted by molar-refractivity contribution is -0.134. The number of aromatic nitrogens is 3. The lowest BCUT2D eigenvalue weighted by Gasteiger charge is -2.13. The number of aryl methyl sites for hydroxylation is 2. The Balaban J connectivity index is 0.000000751. The number of aliphatic carboxylic acids is 1. The van der Waals surface area contributed by atoms with Crippen LogP contribution in [0.15, 0.2) is 42.5 Å². The minimum atomic E-state index is -0.833. The van der Waals surface area contributed by atoms with Crippen LogP contribution in [-0.2, 0) is 11.4 Å². The first kappa shape index (κ1) is 25.2. The third kappa shape index (κ3) is 6.12. The Kier molecular flexibility index (Phi) is 8.25. The summed E-state index contributed by atoms with van der Waals surface area (Å²) in [4.78, 5) is 13.8. The van der Waals surface area contributed by atoms with Crippen molar-refractivity contribution in [2.24, 2.45) is 5.73 Å². The lowest BCUT2D eigenvalue weighted by Crippen LogP contribution is -2.28. The topological polar surface area (TPSA) is 133 Å². The van der Waals surface area contributed by atoms with Crippen molar-refractivity contribution in [1.82, 2.24) is 14.8 Å². The van der Waals surface area contributed by atoms with Crippen LogP contribution >= 0.6 is 0 Å². The molecular formula is C25H32N4O5. The Hall–Kier alpha value is -3.43. The van der Waals surface area contributed by atoms with Crippen LogP contribution in [0.3, 0.4) is 0 Å². The van der Waals surface area contributed by atoms with Gasteiger partial charge in [0.1, 0.15) is 12.4 Å². The highest BCUT2D eigenvalue weighted by Crippen LogP contribution is 2.35. The molecule has 182 valence electrons. The molecule has 0 radical (unpaired) electrons. The van der Waals surface area contributed by atoms with Crippen LogP contribution in [0.4, 0.5) is 0 Å². The van der Waals surface area contributed by atoms with Gasteiger partial charge in [0.15, 0.2) is 17.3 Å². The molecule has 34 heavy (non-hydrogen) atoms. The van der Waals surface area contributed by atoms with Gasteiger partial charge >= 0.3 is 0 Å². The largest absolute Gasteiger partial charge is 0.493 e. The molecule has 1 saturated carbocycles. The Morgan fingerprint density at radius 2 is 1.85 bits per heavy atom. The maximum Gasteiger partial charge on any atom is 0.300 e. The third-order valence-corrected chi connectivity index (χ3v) is 5.64. The summed E-state index contributed by atoms with van der Waals surface area (Å²) < 4.78 is 13.2. The normalized spacial score (nSPS) is 19.3. The Labute approximate surface area is 199 Å². The first-order chi connectivity index (χ1) is 16.2. The third-order valence-electron chi connectivity index (χ3n) is 5.64. The number of hydrogen-bond donors (Lipinski definition) is 3. The number of carboxylic acids is 1. The Morgan fingerprint density at radius 1 is 1.18 bits per heavy atom. The molecule has 0 amide bonds. The predicted octanol–water partition coefficient (Wildman–Crippen LogP) is 3.13. The van der Waals surface area contributed by atoms with E-state index in [0.717, 1.165) is 29.6 Å². The highest BCUT2D eigenvalue weighted by Gasteiger charge is 2.35. The van der Waals surface area contributed by atoms with Crippen molar-refractivity contribution in [3.63, 3.8) is 0 Å². The fraction of sp³-hybridized carbons (Fsp3) is 0.400. The lowest BCUT2D eigenvalue weighted by atomic mass is 10.1. The minimum absolute atomic E-state index is 0.0439. The number of benzene rings is 2. The quantitative estimate of drug-likeness (QED) is 0.503. The average Bonchev–Trinajstić information content (AvgIpc) is 3.36. The van der Waals surface area contributed by atoms with Crippen LogP contribution in [-0.4, -0.2) is 50.2 Å². The number of carboxylic acid groups (broad SMARTS) is 1. The number of hydrogen-bond acceptors (Lipinski definition) is 7. The van der Waals surface area contributed by atoms with Gasteiger partial charge in [-0.15, -0.1) is 5.10 Å². The maximum atomic E-state index is 10.2. The molecular weight excluding hydrogens is 436 g/mol. The van der Waals surface area contributed by atoms with Gasteiger partial charge in [0.05, 0.1) is 18.9 Å². The molecule has 1 aliphatic rings. The second-order valence-electron chi connectivity index (χ2n) is 8.45. The second kappa shape index (κ2) is 11.1. The van der Waals surface area contributed by atoms with Gasteiger partial charge in [0.2, 0.25) is 0 Å². The van der Waals surface area contributed by atoms with Crippen molar-refractivity contribution in [3.8, 4) is 17.2 Å². The Morgan fingerprint density at radius 3 is 2.47 bits per heavy atom. The fourth-order valence-electron chi connectivity index (χ4n) is 3.96. The SMILES string of the molecule is CC(=O)O.COc1ccccc1OCc1nc([C@H]2C[C@@H](N)[C@H](O)C2)n(-c2cc(C)ccc2C)n1. The molecule has 0 spiro atoms. The van der Waals surface area contributed by atoms with Crippen molar-refractivity contribution in [2.75, 3.05) is 7.11 Å². The van der Waals surface area contributed by atoms with E-state index in [2.05, 4.69) is 32.0 Å². The molecule has 0 unspecified atom stereocenters. The molecule has 1 aliphatic carbocycles. The van der Waals surface area contributed by atoms with E-state index in [1.807, 2.05) is 28.9 Å². The van der Waals surface area contributed by atoms with E-state index in [4.69, 9.17) is 35.2 Å². The summed E-state index contributed by atoms with van der Waals surface area (Å²) >= 11 is 0. The number of carbonyl (C=O) groups is 1. The average molecular weight is 469 g/mol. The van der Waals surface area contributed by atoms with E-state index >= 15 is 0 Å². The van der Waals surface area contributed by atoms with E-state index in [0.29, 0.717) is 30.2 Å². The molecule has 3 aromatic rings. The van der Waals surface area contributed by atoms with E-state index in [1.165, 1.54) is 0 Å². The van der Waals surface area contributed by atoms with Crippen molar-refractivity contribution in [3.05, 3.63) is 65.2 Å². The standard InChI is InChI=1S/C23H28N4O3.C2H4O2/c1-14-8-9-15(2)18(10-14)27-23(16-11-17(24)19(28)12-16)25-22(26-27)13-30-21-7-5-4-6-20(21)29-3;1-2(3)4/h4-10,16-17,19,28H,11-13,24H2,1-3H3;1H3,(H,3,4)/t16-,17+,19+;/m0./s1. The molecule has 1 aromatic heterocycles. The summed E-state index contributed by atoms with van der Waals surface area (Å²) in [6.45, 7) is 5.41. The molecule has 3 atom stereocenters. The molecule has 1 heterocycles. The second-order valence-corrected chi connectivity index (χ2v) is 8.45. The predicted molar refractivity (Wildman–Crippen MR) is 127 cm³/mol. The van der Waals surface area contributed by atoms with Crippen molar-refractivity contribution < 1.29 is 24.5 Å². The monoisotopic (exact) mass is 468 g/mol. The number of nitrogens with zero attached hydrogens (tertiary/aromatic N) is 3. The minimum Gasteiger partial charge on any atom is -0.493 e. The highest BCUT2D eigenvalue weighted by molar-refractivity contribution is 5.63. The zero-order chi connectivity index (χ0) is 24.8. The van der Waals surface area contributed by atoms with E-state index in [-0.39, 0.29) is 18.6 Å². The van der Waals surface area contributed by atoms with Crippen molar-refractivity contribution >= 4 is 5.97 Å². The molecule has 9 heteroatoms. The van der Waals surface area contributed by atoms with Crippen LogP contribution in [0.1, 0.15) is 48.5 Å². The van der Waals surface area contributed by atoms with Gasteiger partial charge < -0.3 is 25.4 Å². The smallest absolute Gasteiger partial charge is 0.300 e. The van der Waals surface area contributed by atoms with Crippen LogP contribution in [0, 0.1) is 13.8 Å². The molecule has 0 bridgehead atoms. The zero-order valence-electron chi connectivity index (χ0n) is 19.9. The first-order valence-electron chi connectivity index (χ1n) is 11.1. The van der Waals surface area contributed by atoms with Gasteiger partial charge in [-0.25, -0.2) is 9.67 Å². The van der Waals surface area contributed by atoms with Gasteiger partial charge in [-0.3, -0.25) is 4.79 Å². The molecule has 1 fully saturated rings. The first-order valence-corrected chi connectivity index (χ1v) is 11.1. The zero-order valence-corrected chi connectivity index (χ0v) is 19.9. The van der Waals surface area contributed by atoms with Gasteiger partial charge in [0, 0.05) is 18.9 Å². The van der Waals surface area contributed by atoms with Crippen LogP contribution in [0.2, 0.25) is 0 Å². The number of aliphatic hydroxyl groups is 1. The molecule has 0 saturated heterocycles. The summed E-state index contributed by atoms with van der Waals surface area (Å²) in [5.74, 6) is 1.91. The van der Waals surface area contributed by atoms with Gasteiger partial charge in [0.25, 0.3) is 5.97 Å². The summed E-state index contributed by atoms with van der Waals surface area (Å²) in [5.41, 5.74) is 9.31. The maximum absolute atomic E-state index is 10.2. The fourth-order valence-corrected chi connectivity index (χ4v) is 3.96. The van der Waals surface area contributed by atoms with Crippen LogP contribution in [0.5, 0.6) is 11.5 Å². The number of aliphatic hydroxyl groups excluding tert-OH is 1. The van der Waals surface area contributed by atoms with E-state index < -0.39 is 12.1 Å². The number of ether oxygens (including phenoxy) is 2. The van der Waals surface area contributed by atoms with Gasteiger partial charge in [-0.1, -0.05) is 24.3 Å². The molecule has 9 nitrogen and oxygen atoms in total. The summed E-state index contributed by atoms with van der Waals surface area (Å²) in [7, 11) is 1.61. The van der Waals surface area contributed by atoms with Crippen molar-refractivity contribution in [2.45, 2.75) is 58.3 Å². The number of methoxy groups -OCH3 is 1. The molecule has 4 N–H and O–H groups in total. The summed E-state index contributed by atoms with van der Waals surface area (Å²) in [6, 6.07) is 13.5. The van der Waals surface area contributed by atoms with Gasteiger partial charge in [-0.05, 0) is 56.0 Å². The van der Waals surface area contributed by atoms with Crippen LogP contribution in [0.25, 0.3) is 5.69 Å². The van der Waals surface area contributed by atoms with E-state index in [9.17, 15) is 5.11 Å². The number of nitrogens with two attached hydrogens (primary N) is 1.